The van der Waals surface area contributed by atoms with Crippen molar-refractivity contribution in [2.24, 2.45) is 5.92 Å². The second-order valence-corrected chi connectivity index (χ2v) is 5.63. The molecule has 0 saturated carbocycles. The number of likely N-dealkylation sites (N-methyl/N-ethyl adjacent to an activating group) is 1. The average molecular weight is 263 g/mol. The highest BCUT2D eigenvalue weighted by molar-refractivity contribution is 5.30. The van der Waals surface area contributed by atoms with Gasteiger partial charge in [-0.3, -0.25) is 4.90 Å². The second kappa shape index (κ2) is 5.64. The van der Waals surface area contributed by atoms with Crippen LogP contribution in [0.3, 0.4) is 0 Å². The Labute approximate surface area is 121 Å². The van der Waals surface area contributed by atoms with Crippen LogP contribution in [0.5, 0.6) is 0 Å². The molecule has 1 unspecified atom stereocenters. The van der Waals surface area contributed by atoms with E-state index in [0.29, 0.717) is 17.9 Å². The van der Waals surface area contributed by atoms with Gasteiger partial charge in [-0.05, 0) is 18.2 Å². The van der Waals surface area contributed by atoms with E-state index in [2.05, 4.69) is 85.3 Å². The lowest BCUT2D eigenvalue weighted by atomic mass is 9.83. The third-order valence-corrected chi connectivity index (χ3v) is 4.43. The smallest absolute Gasteiger partial charge is 0.0414 e. The van der Waals surface area contributed by atoms with Gasteiger partial charge in [0.05, 0.1) is 0 Å². The van der Waals surface area contributed by atoms with Crippen molar-refractivity contribution in [2.75, 3.05) is 13.6 Å². The summed E-state index contributed by atoms with van der Waals surface area (Å²) in [7, 11) is 2.22. The summed E-state index contributed by atoms with van der Waals surface area (Å²) in [5.74, 6) is 0.994. The Balaban J connectivity index is 1.95. The van der Waals surface area contributed by atoms with Gasteiger partial charge in [0.1, 0.15) is 0 Å². The van der Waals surface area contributed by atoms with Gasteiger partial charge in [0.2, 0.25) is 0 Å². The summed E-state index contributed by atoms with van der Waals surface area (Å²) in [4.78, 5) is 2.46. The van der Waals surface area contributed by atoms with Gasteiger partial charge in [-0.2, -0.15) is 0 Å². The molecule has 2 aromatic carbocycles. The van der Waals surface area contributed by atoms with E-state index < -0.39 is 0 Å². The van der Waals surface area contributed by atoms with Crippen LogP contribution in [-0.4, -0.2) is 18.5 Å². The largest absolute Gasteiger partial charge is 0.298 e. The molecular weight excluding hydrogens is 242 g/mol. The highest BCUT2D eigenvalue weighted by atomic mass is 15.2. The van der Waals surface area contributed by atoms with E-state index in [1.165, 1.54) is 11.1 Å². The summed E-state index contributed by atoms with van der Waals surface area (Å²) < 4.78 is 0. The maximum absolute atomic E-state index is 4.10. The molecule has 1 fully saturated rings. The average Bonchev–Trinajstić information content (AvgIpc) is 2.85. The lowest BCUT2D eigenvalue weighted by molar-refractivity contribution is 0.296. The predicted octanol–water partition coefficient (Wildman–Crippen LogP) is 4.26. The van der Waals surface area contributed by atoms with E-state index in [4.69, 9.17) is 0 Å². The van der Waals surface area contributed by atoms with Crippen molar-refractivity contribution in [3.05, 3.63) is 84.4 Å². The first kappa shape index (κ1) is 13.1. The number of rotatable bonds is 3. The van der Waals surface area contributed by atoms with Gasteiger partial charge in [0.25, 0.3) is 0 Å². The molecule has 0 N–H and O–H groups in total. The quantitative estimate of drug-likeness (QED) is 0.748. The third-order valence-electron chi connectivity index (χ3n) is 4.43. The van der Waals surface area contributed by atoms with Crippen LogP contribution < -0.4 is 0 Å². The number of likely N-dealkylation sites (tertiary alicyclic amines) is 1. The fourth-order valence-electron chi connectivity index (χ4n) is 3.51. The minimum atomic E-state index is 0.430. The molecule has 3 rings (SSSR count). The van der Waals surface area contributed by atoms with E-state index in [-0.39, 0.29) is 0 Å². The second-order valence-electron chi connectivity index (χ2n) is 5.63. The predicted molar refractivity (Wildman–Crippen MR) is 84.7 cm³/mol. The van der Waals surface area contributed by atoms with E-state index in [1.54, 1.807) is 0 Å². The highest BCUT2D eigenvalue weighted by Crippen LogP contribution is 2.45. The molecule has 0 amide bonds. The summed E-state index contributed by atoms with van der Waals surface area (Å²) >= 11 is 0. The SMILES string of the molecule is C=C[C@@H]1C(c2ccccc2)N(C)C[C@H]1c1ccccc1. The topological polar surface area (TPSA) is 3.24 Å². The zero-order chi connectivity index (χ0) is 13.9. The molecule has 1 aliphatic heterocycles. The molecule has 102 valence electrons. The van der Waals surface area contributed by atoms with Gasteiger partial charge in [0.15, 0.2) is 0 Å². The Morgan fingerprint density at radius 3 is 2.05 bits per heavy atom. The van der Waals surface area contributed by atoms with E-state index >= 15 is 0 Å². The van der Waals surface area contributed by atoms with Gasteiger partial charge >= 0.3 is 0 Å². The number of benzene rings is 2. The molecule has 1 heteroatoms. The molecule has 1 saturated heterocycles. The molecule has 1 nitrogen and oxygen atoms in total. The van der Waals surface area contributed by atoms with Crippen LogP contribution in [0, 0.1) is 5.92 Å². The van der Waals surface area contributed by atoms with Crippen LogP contribution in [0.2, 0.25) is 0 Å². The summed E-state index contributed by atoms with van der Waals surface area (Å²) in [5, 5.41) is 0. The zero-order valence-electron chi connectivity index (χ0n) is 11.9. The van der Waals surface area contributed by atoms with Gasteiger partial charge < -0.3 is 0 Å². The Hall–Kier alpha value is -1.86. The number of hydrogen-bond donors (Lipinski definition) is 0. The standard InChI is InChI=1S/C19H21N/c1-3-17-18(15-10-6-4-7-11-15)14-20(2)19(17)16-12-8-5-9-13-16/h3-13,17-19H,1,14H2,2H3/t17-,18-,19?/m0/s1. The fraction of sp³-hybridized carbons (Fsp3) is 0.263. The molecule has 0 radical (unpaired) electrons. The summed E-state index contributed by atoms with van der Waals surface area (Å²) in [6.07, 6.45) is 2.14. The normalized spacial score (nSPS) is 26.6. The molecule has 0 aromatic heterocycles. The molecule has 0 bridgehead atoms. The Bertz CT molecular complexity index is 561. The molecule has 3 atom stereocenters. The van der Waals surface area contributed by atoms with Crippen LogP contribution in [-0.2, 0) is 0 Å². The Morgan fingerprint density at radius 1 is 0.950 bits per heavy atom. The maximum atomic E-state index is 4.10. The Morgan fingerprint density at radius 2 is 1.50 bits per heavy atom. The van der Waals surface area contributed by atoms with Crippen LogP contribution in [0.1, 0.15) is 23.1 Å². The summed E-state index contributed by atoms with van der Waals surface area (Å²) in [6.45, 7) is 5.19. The van der Waals surface area contributed by atoms with Gasteiger partial charge in [-0.1, -0.05) is 66.7 Å². The van der Waals surface area contributed by atoms with Crippen molar-refractivity contribution in [1.82, 2.24) is 4.90 Å². The molecule has 2 aromatic rings. The molecule has 20 heavy (non-hydrogen) atoms. The van der Waals surface area contributed by atoms with Crippen LogP contribution >= 0.6 is 0 Å². The lowest BCUT2D eigenvalue weighted by Gasteiger charge is -2.24. The van der Waals surface area contributed by atoms with Crippen LogP contribution in [0.15, 0.2) is 73.3 Å². The molecule has 1 heterocycles. The molecule has 0 spiro atoms. The maximum Gasteiger partial charge on any atom is 0.0414 e. The molecular formula is C19H21N. The van der Waals surface area contributed by atoms with Crippen molar-refractivity contribution in [1.29, 1.82) is 0 Å². The summed E-state index contributed by atoms with van der Waals surface area (Å²) in [5.41, 5.74) is 2.81. The van der Waals surface area contributed by atoms with Gasteiger partial charge in [-0.25, -0.2) is 0 Å². The van der Waals surface area contributed by atoms with Crippen molar-refractivity contribution in [3.8, 4) is 0 Å². The minimum Gasteiger partial charge on any atom is -0.298 e. The van der Waals surface area contributed by atoms with Crippen LogP contribution in [0.4, 0.5) is 0 Å². The van der Waals surface area contributed by atoms with Crippen molar-refractivity contribution < 1.29 is 0 Å². The van der Waals surface area contributed by atoms with E-state index in [1.807, 2.05) is 0 Å². The summed E-state index contributed by atoms with van der Waals surface area (Å²) in [6, 6.07) is 22.0. The van der Waals surface area contributed by atoms with Crippen LogP contribution in [0.25, 0.3) is 0 Å². The molecule has 0 aliphatic carbocycles. The third kappa shape index (κ3) is 2.30. The molecule has 1 aliphatic rings. The minimum absolute atomic E-state index is 0.430. The van der Waals surface area contributed by atoms with Gasteiger partial charge in [-0.15, -0.1) is 6.58 Å². The van der Waals surface area contributed by atoms with E-state index in [9.17, 15) is 0 Å². The Kier molecular flexibility index (Phi) is 3.70. The van der Waals surface area contributed by atoms with Gasteiger partial charge in [0, 0.05) is 24.4 Å². The van der Waals surface area contributed by atoms with Crippen molar-refractivity contribution in [3.63, 3.8) is 0 Å². The first-order chi connectivity index (χ1) is 9.81. The van der Waals surface area contributed by atoms with Crippen molar-refractivity contribution in [2.45, 2.75) is 12.0 Å². The number of hydrogen-bond acceptors (Lipinski definition) is 1. The first-order valence-corrected chi connectivity index (χ1v) is 7.24. The monoisotopic (exact) mass is 263 g/mol. The number of nitrogens with zero attached hydrogens (tertiary/aromatic N) is 1. The lowest BCUT2D eigenvalue weighted by Crippen LogP contribution is -2.20. The first-order valence-electron chi connectivity index (χ1n) is 7.24. The highest BCUT2D eigenvalue weighted by Gasteiger charge is 2.39. The zero-order valence-corrected chi connectivity index (χ0v) is 11.9. The van der Waals surface area contributed by atoms with Crippen molar-refractivity contribution >= 4 is 0 Å². The fourth-order valence-corrected chi connectivity index (χ4v) is 3.51. The van der Waals surface area contributed by atoms with E-state index in [0.717, 1.165) is 6.54 Å².